The van der Waals surface area contributed by atoms with Crippen molar-refractivity contribution in [3.63, 3.8) is 0 Å². The van der Waals surface area contributed by atoms with Crippen molar-refractivity contribution < 1.29 is 4.79 Å². The van der Waals surface area contributed by atoms with Gasteiger partial charge in [0.25, 0.3) is 5.56 Å². The second-order valence-corrected chi connectivity index (χ2v) is 5.89. The summed E-state index contributed by atoms with van der Waals surface area (Å²) in [6.45, 7) is -0.165. The Labute approximate surface area is 146 Å². The van der Waals surface area contributed by atoms with E-state index in [9.17, 15) is 9.59 Å². The number of nitrogen functional groups attached to an aromatic ring is 1. The third-order valence-corrected chi connectivity index (χ3v) is 4.04. The number of aromatic nitrogens is 2. The lowest BCUT2D eigenvalue weighted by Crippen LogP contribution is -2.28. The van der Waals surface area contributed by atoms with Gasteiger partial charge >= 0.3 is 0 Å². The standard InChI is InChI=1S/C16H12Cl2N4O2/c17-10-5-9(6-11(18)16(10)19)21-14(23)8-22-13-4-2-1-3-12(13)20-7-15(22)24/h1-7H,8,19H2,(H,21,23). The lowest BCUT2D eigenvalue weighted by atomic mass is 10.2. The number of benzene rings is 2. The van der Waals surface area contributed by atoms with Gasteiger partial charge in [0.1, 0.15) is 6.54 Å². The molecule has 3 N–H and O–H groups in total. The molecule has 0 aliphatic rings. The van der Waals surface area contributed by atoms with Crippen LogP contribution in [0.3, 0.4) is 0 Å². The van der Waals surface area contributed by atoms with Crippen molar-refractivity contribution in [3.05, 3.63) is 63.0 Å². The summed E-state index contributed by atoms with van der Waals surface area (Å²) in [6, 6.07) is 10.1. The zero-order valence-electron chi connectivity index (χ0n) is 12.3. The van der Waals surface area contributed by atoms with E-state index in [2.05, 4.69) is 10.3 Å². The fourth-order valence-corrected chi connectivity index (χ4v) is 2.77. The molecule has 8 heteroatoms. The van der Waals surface area contributed by atoms with Gasteiger partial charge in [-0.25, -0.2) is 4.98 Å². The Hall–Kier alpha value is -2.57. The highest BCUT2D eigenvalue weighted by Crippen LogP contribution is 2.31. The SMILES string of the molecule is Nc1c(Cl)cc(NC(=O)Cn2c(=O)cnc3ccccc32)cc1Cl. The predicted octanol–water partition coefficient (Wildman–Crippen LogP) is 2.92. The molecule has 0 saturated heterocycles. The van der Waals surface area contributed by atoms with Gasteiger partial charge in [-0.1, -0.05) is 35.3 Å². The fraction of sp³-hybridized carbons (Fsp3) is 0.0625. The Kier molecular flexibility index (Phi) is 4.42. The van der Waals surface area contributed by atoms with E-state index in [4.69, 9.17) is 28.9 Å². The van der Waals surface area contributed by atoms with Crippen LogP contribution in [0.2, 0.25) is 10.0 Å². The van der Waals surface area contributed by atoms with Crippen LogP contribution in [0.1, 0.15) is 0 Å². The molecule has 3 aromatic rings. The summed E-state index contributed by atoms with van der Waals surface area (Å²) in [4.78, 5) is 28.4. The Balaban J connectivity index is 1.88. The van der Waals surface area contributed by atoms with Crippen LogP contribution in [0, 0.1) is 0 Å². The molecule has 3 rings (SSSR count). The summed E-state index contributed by atoms with van der Waals surface area (Å²) in [5, 5.41) is 3.13. The zero-order valence-corrected chi connectivity index (χ0v) is 13.8. The topological polar surface area (TPSA) is 90.0 Å². The molecule has 1 aromatic heterocycles. The van der Waals surface area contributed by atoms with Gasteiger partial charge in [0, 0.05) is 5.69 Å². The number of nitrogens with zero attached hydrogens (tertiary/aromatic N) is 2. The maximum absolute atomic E-state index is 12.3. The molecule has 0 atom stereocenters. The van der Waals surface area contributed by atoms with Crippen LogP contribution < -0.4 is 16.6 Å². The minimum Gasteiger partial charge on any atom is -0.396 e. The van der Waals surface area contributed by atoms with Crippen molar-refractivity contribution in [2.45, 2.75) is 6.54 Å². The third-order valence-electron chi connectivity index (χ3n) is 3.42. The normalized spacial score (nSPS) is 10.8. The number of fused-ring (bicyclic) bond motifs is 1. The van der Waals surface area contributed by atoms with E-state index in [1.807, 2.05) is 6.07 Å². The summed E-state index contributed by atoms with van der Waals surface area (Å²) in [6.07, 6.45) is 1.19. The molecule has 1 heterocycles. The van der Waals surface area contributed by atoms with Gasteiger partial charge in [0.2, 0.25) is 5.91 Å². The van der Waals surface area contributed by atoms with E-state index in [0.29, 0.717) is 16.7 Å². The summed E-state index contributed by atoms with van der Waals surface area (Å²) < 4.78 is 1.35. The van der Waals surface area contributed by atoms with Crippen LogP contribution >= 0.6 is 23.2 Å². The smallest absolute Gasteiger partial charge is 0.269 e. The monoisotopic (exact) mass is 362 g/mol. The van der Waals surface area contributed by atoms with Gasteiger partial charge in [-0.3, -0.25) is 14.2 Å². The lowest BCUT2D eigenvalue weighted by Gasteiger charge is -2.11. The quantitative estimate of drug-likeness (QED) is 0.700. The number of anilines is 2. The van der Waals surface area contributed by atoms with E-state index in [0.717, 1.165) is 0 Å². The highest BCUT2D eigenvalue weighted by molar-refractivity contribution is 6.39. The first-order chi connectivity index (χ1) is 11.5. The van der Waals surface area contributed by atoms with E-state index >= 15 is 0 Å². The van der Waals surface area contributed by atoms with E-state index < -0.39 is 5.91 Å². The fourth-order valence-electron chi connectivity index (χ4n) is 2.28. The van der Waals surface area contributed by atoms with Crippen LogP contribution in [0.15, 0.2) is 47.4 Å². The maximum Gasteiger partial charge on any atom is 0.269 e. The summed E-state index contributed by atoms with van der Waals surface area (Å²) >= 11 is 11.9. The molecule has 24 heavy (non-hydrogen) atoms. The van der Waals surface area contributed by atoms with Crippen LogP contribution in [0.5, 0.6) is 0 Å². The van der Waals surface area contributed by atoms with Gasteiger partial charge in [-0.15, -0.1) is 0 Å². The van der Waals surface area contributed by atoms with E-state index in [-0.39, 0.29) is 27.8 Å². The Bertz CT molecular complexity index is 978. The molecule has 6 nitrogen and oxygen atoms in total. The van der Waals surface area contributed by atoms with Crippen LogP contribution in [-0.4, -0.2) is 15.5 Å². The molecule has 0 saturated carbocycles. The predicted molar refractivity (Wildman–Crippen MR) is 95.5 cm³/mol. The highest BCUT2D eigenvalue weighted by atomic mass is 35.5. The number of halogens is 2. The highest BCUT2D eigenvalue weighted by Gasteiger charge is 2.11. The second kappa shape index (κ2) is 6.51. The number of carbonyl (C=O) groups is 1. The maximum atomic E-state index is 12.3. The van der Waals surface area contributed by atoms with Gasteiger partial charge in [-0.05, 0) is 24.3 Å². The summed E-state index contributed by atoms with van der Waals surface area (Å²) in [5.74, 6) is -0.398. The minimum atomic E-state index is -0.398. The largest absolute Gasteiger partial charge is 0.396 e. The first-order valence-electron chi connectivity index (χ1n) is 6.94. The Morgan fingerprint density at radius 1 is 1.21 bits per heavy atom. The van der Waals surface area contributed by atoms with Crippen molar-refractivity contribution in [2.75, 3.05) is 11.1 Å². The molecular weight excluding hydrogens is 351 g/mol. The third kappa shape index (κ3) is 3.20. The molecule has 0 fully saturated rings. The van der Waals surface area contributed by atoms with Gasteiger partial charge in [0.05, 0.1) is 33.0 Å². The molecule has 1 amide bonds. The molecule has 0 radical (unpaired) electrons. The van der Waals surface area contributed by atoms with Gasteiger partial charge in [-0.2, -0.15) is 0 Å². The van der Waals surface area contributed by atoms with Crippen LogP contribution in [-0.2, 0) is 11.3 Å². The summed E-state index contributed by atoms with van der Waals surface area (Å²) in [5.41, 5.74) is 7.14. The average molecular weight is 363 g/mol. The molecule has 2 aromatic carbocycles. The van der Waals surface area contributed by atoms with Crippen molar-refractivity contribution >= 4 is 51.5 Å². The van der Waals surface area contributed by atoms with Crippen molar-refractivity contribution in [2.24, 2.45) is 0 Å². The second-order valence-electron chi connectivity index (χ2n) is 5.07. The van der Waals surface area contributed by atoms with Crippen molar-refractivity contribution in [1.82, 2.24) is 9.55 Å². The summed E-state index contributed by atoms with van der Waals surface area (Å²) in [7, 11) is 0. The first-order valence-corrected chi connectivity index (χ1v) is 7.70. The molecule has 0 spiro atoms. The number of hydrogen-bond donors (Lipinski definition) is 2. The van der Waals surface area contributed by atoms with Crippen LogP contribution in [0.4, 0.5) is 11.4 Å². The average Bonchev–Trinajstić information content (AvgIpc) is 2.55. The van der Waals surface area contributed by atoms with E-state index in [1.54, 1.807) is 18.2 Å². The molecule has 0 unspecified atom stereocenters. The molecule has 122 valence electrons. The molecule has 0 bridgehead atoms. The van der Waals surface area contributed by atoms with Crippen LogP contribution in [0.25, 0.3) is 11.0 Å². The van der Waals surface area contributed by atoms with Crippen molar-refractivity contribution in [1.29, 1.82) is 0 Å². The number of nitrogens with two attached hydrogens (primary N) is 1. The molecular formula is C16H12Cl2N4O2. The van der Waals surface area contributed by atoms with Gasteiger partial charge in [0.15, 0.2) is 0 Å². The molecule has 0 aliphatic heterocycles. The van der Waals surface area contributed by atoms with Crippen molar-refractivity contribution in [3.8, 4) is 0 Å². The molecule has 0 aliphatic carbocycles. The minimum absolute atomic E-state index is 0.165. The number of nitrogens with one attached hydrogen (secondary N) is 1. The Morgan fingerprint density at radius 2 is 1.88 bits per heavy atom. The number of hydrogen-bond acceptors (Lipinski definition) is 4. The number of carbonyl (C=O) groups excluding carboxylic acids is 1. The van der Waals surface area contributed by atoms with Gasteiger partial charge < -0.3 is 11.1 Å². The number of rotatable bonds is 3. The lowest BCUT2D eigenvalue weighted by molar-refractivity contribution is -0.116. The number of amides is 1. The Morgan fingerprint density at radius 3 is 2.58 bits per heavy atom. The first kappa shape index (κ1) is 16.3. The zero-order chi connectivity index (χ0) is 17.3. The van der Waals surface area contributed by atoms with E-state index in [1.165, 1.54) is 22.9 Å². The number of para-hydroxylation sites is 2.